The number of para-hydroxylation sites is 1. The van der Waals surface area contributed by atoms with Gasteiger partial charge in [0, 0.05) is 18.3 Å². The van der Waals surface area contributed by atoms with Crippen molar-refractivity contribution >= 4 is 17.4 Å². The first-order valence-corrected chi connectivity index (χ1v) is 6.24. The van der Waals surface area contributed by atoms with Gasteiger partial charge in [-0.1, -0.05) is 24.3 Å². The van der Waals surface area contributed by atoms with Crippen LogP contribution in [-0.4, -0.2) is 22.4 Å². The molecule has 0 bridgehead atoms. The Morgan fingerprint density at radius 2 is 2.15 bits per heavy atom. The molecule has 0 aliphatic rings. The fraction of sp³-hybridized carbons (Fsp3) is 0.133. The fourth-order valence-corrected chi connectivity index (χ4v) is 1.65. The van der Waals surface area contributed by atoms with E-state index in [1.54, 1.807) is 12.1 Å². The van der Waals surface area contributed by atoms with Gasteiger partial charge in [0.1, 0.15) is 17.8 Å². The van der Waals surface area contributed by atoms with Crippen molar-refractivity contribution in [3.63, 3.8) is 0 Å². The second-order valence-electron chi connectivity index (χ2n) is 4.23. The lowest BCUT2D eigenvalue weighted by Gasteiger charge is -2.08. The molecule has 1 aromatic heterocycles. The van der Waals surface area contributed by atoms with Crippen LogP contribution in [0.25, 0.3) is 0 Å². The molecule has 2 N–H and O–H groups in total. The number of hydrogen-bond donors (Lipinski definition) is 2. The third-order valence-corrected chi connectivity index (χ3v) is 2.72. The van der Waals surface area contributed by atoms with E-state index >= 15 is 0 Å². The molecule has 20 heavy (non-hydrogen) atoms. The van der Waals surface area contributed by atoms with Crippen LogP contribution in [0.2, 0.25) is 0 Å². The third-order valence-electron chi connectivity index (χ3n) is 2.72. The zero-order valence-corrected chi connectivity index (χ0v) is 11.3. The topological polar surface area (TPSA) is 66.9 Å². The summed E-state index contributed by atoms with van der Waals surface area (Å²) in [7, 11) is 0. The predicted octanol–water partition coefficient (Wildman–Crippen LogP) is 2.64. The average Bonchev–Trinajstić information content (AvgIpc) is 2.48. The van der Waals surface area contributed by atoms with E-state index < -0.39 is 0 Å². The maximum absolute atomic E-state index is 12.1. The van der Waals surface area contributed by atoms with Crippen molar-refractivity contribution in [1.29, 1.82) is 0 Å². The van der Waals surface area contributed by atoms with Crippen LogP contribution >= 0.6 is 0 Å². The standard InChI is InChI=1S/C15H16N4O/c1-3-8-16-14-9-13(17-10-18-14)15(20)19-12-7-5-4-6-11(12)2/h3-7,9-10H,1,8H2,2H3,(H,19,20)(H,16,17,18). The molecule has 102 valence electrons. The number of aromatic nitrogens is 2. The van der Waals surface area contributed by atoms with Crippen LogP contribution in [0.4, 0.5) is 11.5 Å². The molecule has 0 unspecified atom stereocenters. The molecule has 0 radical (unpaired) electrons. The van der Waals surface area contributed by atoms with E-state index in [-0.39, 0.29) is 5.91 Å². The molecule has 2 aromatic rings. The summed E-state index contributed by atoms with van der Waals surface area (Å²) in [5, 5.41) is 5.85. The number of nitrogens with zero attached hydrogens (tertiary/aromatic N) is 2. The minimum Gasteiger partial charge on any atom is -0.366 e. The number of anilines is 2. The molecular weight excluding hydrogens is 252 g/mol. The van der Waals surface area contributed by atoms with Crippen molar-refractivity contribution in [2.24, 2.45) is 0 Å². The Kier molecular flexibility index (Phi) is 4.44. The number of carbonyl (C=O) groups is 1. The van der Waals surface area contributed by atoms with Crippen molar-refractivity contribution in [2.45, 2.75) is 6.92 Å². The number of aryl methyl sites for hydroxylation is 1. The molecule has 0 saturated carbocycles. The van der Waals surface area contributed by atoms with E-state index in [0.717, 1.165) is 11.3 Å². The van der Waals surface area contributed by atoms with E-state index in [2.05, 4.69) is 27.2 Å². The molecule has 0 saturated heterocycles. The number of hydrogen-bond acceptors (Lipinski definition) is 4. The van der Waals surface area contributed by atoms with Crippen molar-refractivity contribution in [3.8, 4) is 0 Å². The normalized spacial score (nSPS) is 9.85. The van der Waals surface area contributed by atoms with Gasteiger partial charge >= 0.3 is 0 Å². The average molecular weight is 268 g/mol. The van der Waals surface area contributed by atoms with Crippen LogP contribution in [0.15, 0.2) is 49.3 Å². The molecule has 5 nitrogen and oxygen atoms in total. The van der Waals surface area contributed by atoms with Crippen LogP contribution in [0.3, 0.4) is 0 Å². The summed E-state index contributed by atoms with van der Waals surface area (Å²) in [5.74, 6) is 0.332. The lowest BCUT2D eigenvalue weighted by atomic mass is 10.2. The number of benzene rings is 1. The first-order chi connectivity index (χ1) is 9.70. The lowest BCUT2D eigenvalue weighted by molar-refractivity contribution is 0.102. The summed E-state index contributed by atoms with van der Waals surface area (Å²) in [5.41, 5.74) is 2.09. The van der Waals surface area contributed by atoms with E-state index in [9.17, 15) is 4.79 Å². The fourth-order valence-electron chi connectivity index (χ4n) is 1.65. The highest BCUT2D eigenvalue weighted by Gasteiger charge is 2.09. The maximum atomic E-state index is 12.1. The van der Waals surface area contributed by atoms with Gasteiger partial charge in [0.15, 0.2) is 0 Å². The Hall–Kier alpha value is -2.69. The number of carbonyl (C=O) groups excluding carboxylic acids is 1. The van der Waals surface area contributed by atoms with Crippen molar-refractivity contribution < 1.29 is 4.79 Å². The summed E-state index contributed by atoms with van der Waals surface area (Å²) in [6, 6.07) is 9.20. The molecule has 0 fully saturated rings. The van der Waals surface area contributed by atoms with Gasteiger partial charge in [-0.2, -0.15) is 0 Å². The van der Waals surface area contributed by atoms with Crippen LogP contribution < -0.4 is 10.6 Å². The van der Waals surface area contributed by atoms with Gasteiger partial charge in [0.05, 0.1) is 0 Å². The Morgan fingerprint density at radius 3 is 2.90 bits per heavy atom. The summed E-state index contributed by atoms with van der Waals surface area (Å²) in [6.07, 6.45) is 3.08. The van der Waals surface area contributed by atoms with Crippen molar-refractivity contribution in [2.75, 3.05) is 17.2 Å². The van der Waals surface area contributed by atoms with Crippen molar-refractivity contribution in [1.82, 2.24) is 9.97 Å². The highest BCUT2D eigenvalue weighted by molar-refractivity contribution is 6.03. The lowest BCUT2D eigenvalue weighted by Crippen LogP contribution is -2.15. The monoisotopic (exact) mass is 268 g/mol. The van der Waals surface area contributed by atoms with Crippen LogP contribution in [0.1, 0.15) is 16.1 Å². The quantitative estimate of drug-likeness (QED) is 0.818. The second-order valence-corrected chi connectivity index (χ2v) is 4.23. The zero-order valence-electron chi connectivity index (χ0n) is 11.3. The highest BCUT2D eigenvalue weighted by atomic mass is 16.1. The first-order valence-electron chi connectivity index (χ1n) is 6.24. The molecule has 0 spiro atoms. The molecule has 2 rings (SSSR count). The summed E-state index contributed by atoms with van der Waals surface area (Å²) >= 11 is 0. The van der Waals surface area contributed by atoms with E-state index in [4.69, 9.17) is 0 Å². The molecule has 5 heteroatoms. The molecule has 0 atom stereocenters. The molecule has 0 aliphatic heterocycles. The summed E-state index contributed by atoms with van der Waals surface area (Å²) < 4.78 is 0. The number of nitrogens with one attached hydrogen (secondary N) is 2. The highest BCUT2D eigenvalue weighted by Crippen LogP contribution is 2.14. The SMILES string of the molecule is C=CCNc1cc(C(=O)Nc2ccccc2C)ncn1. The first kappa shape index (κ1) is 13.7. The molecule has 0 aliphatic carbocycles. The number of rotatable bonds is 5. The van der Waals surface area contributed by atoms with Gasteiger partial charge in [-0.15, -0.1) is 6.58 Å². The maximum Gasteiger partial charge on any atom is 0.274 e. The van der Waals surface area contributed by atoms with E-state index in [1.165, 1.54) is 6.33 Å². The Balaban J connectivity index is 2.13. The molecule has 1 amide bonds. The van der Waals surface area contributed by atoms with E-state index in [0.29, 0.717) is 18.1 Å². The summed E-state index contributed by atoms with van der Waals surface area (Å²) in [6.45, 7) is 6.13. The van der Waals surface area contributed by atoms with Gasteiger partial charge in [-0.3, -0.25) is 4.79 Å². The molecular formula is C15H16N4O. The zero-order chi connectivity index (χ0) is 14.4. The predicted molar refractivity (Wildman–Crippen MR) is 79.9 cm³/mol. The summed E-state index contributed by atoms with van der Waals surface area (Å²) in [4.78, 5) is 20.2. The van der Waals surface area contributed by atoms with E-state index in [1.807, 2.05) is 31.2 Å². The van der Waals surface area contributed by atoms with Gasteiger partial charge in [0.25, 0.3) is 5.91 Å². The molecule has 1 heterocycles. The van der Waals surface area contributed by atoms with Crippen molar-refractivity contribution in [3.05, 3.63) is 60.6 Å². The minimum atomic E-state index is -0.261. The molecule has 1 aromatic carbocycles. The largest absolute Gasteiger partial charge is 0.366 e. The minimum absolute atomic E-state index is 0.261. The van der Waals surface area contributed by atoms with Crippen LogP contribution in [0, 0.1) is 6.92 Å². The number of amides is 1. The van der Waals surface area contributed by atoms with Gasteiger partial charge in [0.2, 0.25) is 0 Å². The third kappa shape index (κ3) is 3.41. The van der Waals surface area contributed by atoms with Gasteiger partial charge in [-0.05, 0) is 18.6 Å². The smallest absolute Gasteiger partial charge is 0.274 e. The van der Waals surface area contributed by atoms with Gasteiger partial charge < -0.3 is 10.6 Å². The van der Waals surface area contributed by atoms with Gasteiger partial charge in [-0.25, -0.2) is 9.97 Å². The Labute approximate surface area is 117 Å². The van der Waals surface area contributed by atoms with Crippen LogP contribution in [-0.2, 0) is 0 Å². The Bertz CT molecular complexity index is 625. The second kappa shape index (κ2) is 6.47. The van der Waals surface area contributed by atoms with Crippen LogP contribution in [0.5, 0.6) is 0 Å². The Morgan fingerprint density at radius 1 is 1.35 bits per heavy atom.